The van der Waals surface area contributed by atoms with E-state index >= 15 is 0 Å². The molecule has 2 rings (SSSR count). The number of hydrogen-bond donors (Lipinski definition) is 2. The number of allylic oxidation sites excluding steroid dienone is 1. The van der Waals surface area contributed by atoms with Gasteiger partial charge in [0.25, 0.3) is 5.69 Å². The number of esters is 1. The van der Waals surface area contributed by atoms with Crippen LogP contribution in [0.1, 0.15) is 44.6 Å². The molecule has 9 heteroatoms. The Morgan fingerprint density at radius 3 is 2.62 bits per heavy atom. The highest BCUT2D eigenvalue weighted by molar-refractivity contribution is 6.15. The molecule has 0 radical (unpaired) electrons. The summed E-state index contributed by atoms with van der Waals surface area (Å²) in [5.41, 5.74) is 1.42. The second kappa shape index (κ2) is 8.84. The van der Waals surface area contributed by atoms with Gasteiger partial charge in [-0.2, -0.15) is 5.26 Å². The molecule has 0 bridgehead atoms. The summed E-state index contributed by atoms with van der Waals surface area (Å²) >= 11 is 0. The fraction of sp³-hybridized carbons (Fsp3) is 0.250. The molecule has 29 heavy (non-hydrogen) atoms. The van der Waals surface area contributed by atoms with Crippen LogP contribution in [0.5, 0.6) is 0 Å². The number of aryl methyl sites for hydroxylation is 1. The lowest BCUT2D eigenvalue weighted by Gasteiger charge is -2.04. The predicted molar refractivity (Wildman–Crippen MR) is 107 cm³/mol. The zero-order valence-electron chi connectivity index (χ0n) is 16.5. The van der Waals surface area contributed by atoms with Gasteiger partial charge in [0, 0.05) is 18.8 Å². The van der Waals surface area contributed by atoms with E-state index in [2.05, 4.69) is 10.3 Å². The lowest BCUT2D eigenvalue weighted by atomic mass is 10.0. The highest BCUT2D eigenvalue weighted by atomic mass is 16.6. The second-order valence-corrected chi connectivity index (χ2v) is 6.13. The van der Waals surface area contributed by atoms with Gasteiger partial charge in [-0.1, -0.05) is 6.07 Å². The minimum Gasteiger partial charge on any atom is -0.462 e. The fourth-order valence-electron chi connectivity index (χ4n) is 2.94. The van der Waals surface area contributed by atoms with Crippen LogP contribution in [-0.4, -0.2) is 35.3 Å². The maximum atomic E-state index is 12.9. The Morgan fingerprint density at radius 1 is 1.38 bits per heavy atom. The molecule has 0 spiro atoms. The Labute approximate surface area is 167 Å². The predicted octanol–water partition coefficient (Wildman–Crippen LogP) is 3.55. The van der Waals surface area contributed by atoms with Crippen LogP contribution in [0.3, 0.4) is 0 Å². The Hall–Kier alpha value is -3.93. The molecule has 0 saturated carbocycles. The average Bonchev–Trinajstić information content (AvgIpc) is 2.99. The van der Waals surface area contributed by atoms with Crippen molar-refractivity contribution in [3.8, 4) is 6.07 Å². The minimum atomic E-state index is -0.621. The van der Waals surface area contributed by atoms with Gasteiger partial charge in [0.15, 0.2) is 0 Å². The smallest absolute Gasteiger partial charge is 0.340 e. The molecule has 2 aromatic rings. The van der Waals surface area contributed by atoms with Crippen LogP contribution < -0.4 is 5.32 Å². The number of hydrogen-bond acceptors (Lipinski definition) is 7. The van der Waals surface area contributed by atoms with Gasteiger partial charge in [0.05, 0.1) is 22.8 Å². The van der Waals surface area contributed by atoms with E-state index in [-0.39, 0.29) is 29.1 Å². The number of benzene rings is 1. The Balaban J connectivity index is 2.48. The first-order valence-corrected chi connectivity index (χ1v) is 8.74. The van der Waals surface area contributed by atoms with Crippen molar-refractivity contribution in [2.24, 2.45) is 0 Å². The van der Waals surface area contributed by atoms with Crippen LogP contribution in [0, 0.1) is 35.3 Å². The third kappa shape index (κ3) is 4.32. The Morgan fingerprint density at radius 2 is 2.07 bits per heavy atom. The number of nitro groups is 1. The number of nitrogens with zero attached hydrogens (tertiary/aromatic N) is 2. The number of nitro benzene ring substituents is 1. The van der Waals surface area contributed by atoms with Gasteiger partial charge in [-0.05, 0) is 44.0 Å². The zero-order chi connectivity index (χ0) is 21.7. The monoisotopic (exact) mass is 396 g/mol. The molecule has 0 unspecified atom stereocenters. The third-order valence-corrected chi connectivity index (χ3v) is 4.31. The number of nitriles is 1. The molecule has 0 aliphatic carbocycles. The summed E-state index contributed by atoms with van der Waals surface area (Å²) < 4.78 is 5.00. The van der Waals surface area contributed by atoms with E-state index in [9.17, 15) is 25.0 Å². The van der Waals surface area contributed by atoms with Gasteiger partial charge in [0.1, 0.15) is 17.3 Å². The van der Waals surface area contributed by atoms with Gasteiger partial charge >= 0.3 is 5.97 Å². The van der Waals surface area contributed by atoms with Gasteiger partial charge < -0.3 is 15.0 Å². The van der Waals surface area contributed by atoms with Crippen LogP contribution in [0.25, 0.3) is 6.08 Å². The van der Waals surface area contributed by atoms with Crippen molar-refractivity contribution in [3.05, 3.63) is 62.0 Å². The average molecular weight is 396 g/mol. The van der Waals surface area contributed by atoms with Crippen LogP contribution in [0.2, 0.25) is 0 Å². The van der Waals surface area contributed by atoms with E-state index in [4.69, 9.17) is 4.74 Å². The minimum absolute atomic E-state index is 0.0969. The first-order chi connectivity index (χ1) is 13.7. The third-order valence-electron chi connectivity index (χ3n) is 4.31. The van der Waals surface area contributed by atoms with Crippen LogP contribution in [0.4, 0.5) is 11.4 Å². The van der Waals surface area contributed by atoms with E-state index in [1.54, 1.807) is 33.9 Å². The summed E-state index contributed by atoms with van der Waals surface area (Å²) in [6.45, 7) is 5.09. The standard InChI is InChI=1S/C20H20N4O5/c1-5-29-20(26)17-11(2)18(23-12(17)3)19(25)14(10-21)8-13-6-7-15(22-4)16(9-13)24(27)28/h6-9,22-23H,5H2,1-4H3/b14-8+. The number of aromatic nitrogens is 1. The summed E-state index contributed by atoms with van der Waals surface area (Å²) in [5.74, 6) is -1.18. The topological polar surface area (TPSA) is 138 Å². The number of ether oxygens (including phenoxy) is 1. The number of ketones is 1. The van der Waals surface area contributed by atoms with E-state index in [1.165, 1.54) is 18.2 Å². The molecule has 1 heterocycles. The van der Waals surface area contributed by atoms with Gasteiger partial charge in [-0.15, -0.1) is 0 Å². The quantitative estimate of drug-likeness (QED) is 0.182. The van der Waals surface area contributed by atoms with E-state index in [1.807, 2.05) is 6.07 Å². The molecule has 0 amide bonds. The molecule has 0 atom stereocenters. The number of H-pyrrole nitrogens is 1. The number of aromatic amines is 1. The molecule has 1 aromatic carbocycles. The number of carbonyl (C=O) groups excluding carboxylic acids is 2. The summed E-state index contributed by atoms with van der Waals surface area (Å²) in [6.07, 6.45) is 1.27. The van der Waals surface area contributed by atoms with Crippen molar-refractivity contribution in [2.75, 3.05) is 19.0 Å². The molecular weight excluding hydrogens is 376 g/mol. The maximum absolute atomic E-state index is 12.9. The highest BCUT2D eigenvalue weighted by Crippen LogP contribution is 2.27. The van der Waals surface area contributed by atoms with Crippen LogP contribution >= 0.6 is 0 Å². The number of rotatable bonds is 7. The van der Waals surface area contributed by atoms with Crippen molar-refractivity contribution in [1.29, 1.82) is 5.26 Å². The first-order valence-electron chi connectivity index (χ1n) is 8.74. The number of nitrogens with one attached hydrogen (secondary N) is 2. The van der Waals surface area contributed by atoms with E-state index < -0.39 is 16.7 Å². The van der Waals surface area contributed by atoms with Crippen molar-refractivity contribution < 1.29 is 19.2 Å². The first kappa shape index (κ1) is 21.4. The molecular formula is C20H20N4O5. The second-order valence-electron chi connectivity index (χ2n) is 6.13. The van der Waals surface area contributed by atoms with Crippen molar-refractivity contribution in [3.63, 3.8) is 0 Å². The molecule has 1 aromatic heterocycles. The van der Waals surface area contributed by atoms with E-state index in [0.29, 0.717) is 22.5 Å². The van der Waals surface area contributed by atoms with Gasteiger partial charge in [-0.3, -0.25) is 14.9 Å². The number of anilines is 1. The molecule has 0 fully saturated rings. The van der Waals surface area contributed by atoms with Crippen molar-refractivity contribution >= 4 is 29.2 Å². The summed E-state index contributed by atoms with van der Waals surface area (Å²) in [4.78, 5) is 38.5. The molecule has 9 nitrogen and oxygen atoms in total. The lowest BCUT2D eigenvalue weighted by Crippen LogP contribution is -2.08. The molecule has 2 N–H and O–H groups in total. The summed E-state index contributed by atoms with van der Waals surface area (Å²) in [5, 5.41) is 23.4. The Kier molecular flexibility index (Phi) is 6.51. The van der Waals surface area contributed by atoms with E-state index in [0.717, 1.165) is 0 Å². The van der Waals surface area contributed by atoms with Gasteiger partial charge in [0.2, 0.25) is 5.78 Å². The SMILES string of the molecule is CCOC(=O)c1c(C)[nH]c(C(=O)/C(C#N)=C/c2ccc(NC)c([N+](=O)[O-])c2)c1C. The van der Waals surface area contributed by atoms with Crippen LogP contribution in [0.15, 0.2) is 23.8 Å². The lowest BCUT2D eigenvalue weighted by molar-refractivity contribution is -0.384. The molecule has 0 saturated heterocycles. The highest BCUT2D eigenvalue weighted by Gasteiger charge is 2.25. The molecule has 0 aliphatic rings. The van der Waals surface area contributed by atoms with Gasteiger partial charge in [-0.25, -0.2) is 4.79 Å². The zero-order valence-corrected chi connectivity index (χ0v) is 16.5. The maximum Gasteiger partial charge on any atom is 0.340 e. The number of Topliss-reactive ketones (excluding diaryl/α,β-unsaturated/α-hetero) is 1. The largest absolute Gasteiger partial charge is 0.462 e. The normalized spacial score (nSPS) is 10.9. The summed E-state index contributed by atoms with van der Waals surface area (Å²) in [7, 11) is 1.56. The fourth-order valence-corrected chi connectivity index (χ4v) is 2.94. The van der Waals surface area contributed by atoms with Crippen molar-refractivity contribution in [2.45, 2.75) is 20.8 Å². The summed E-state index contributed by atoms with van der Waals surface area (Å²) in [6, 6.07) is 6.15. The number of carbonyl (C=O) groups is 2. The molecule has 0 aliphatic heterocycles. The molecule has 150 valence electrons. The van der Waals surface area contributed by atoms with Crippen molar-refractivity contribution in [1.82, 2.24) is 4.98 Å². The van der Waals surface area contributed by atoms with Crippen LogP contribution in [-0.2, 0) is 4.74 Å². The Bertz CT molecular complexity index is 1060.